The number of rotatable bonds is 10. The maximum absolute atomic E-state index is 14.1. The highest BCUT2D eigenvalue weighted by molar-refractivity contribution is 7.54. The van der Waals surface area contributed by atoms with Gasteiger partial charge in [-0.25, -0.2) is 4.84 Å². The smallest absolute Gasteiger partial charge is 0.323 e. The van der Waals surface area contributed by atoms with Gasteiger partial charge in [0.1, 0.15) is 11.9 Å². The van der Waals surface area contributed by atoms with E-state index in [1.807, 2.05) is 92.6 Å². The molecule has 1 aliphatic rings. The van der Waals surface area contributed by atoms with Crippen molar-refractivity contribution in [3.63, 3.8) is 0 Å². The molecule has 7 nitrogen and oxygen atoms in total. The van der Waals surface area contributed by atoms with Crippen LogP contribution < -0.4 is 0 Å². The van der Waals surface area contributed by atoms with E-state index in [4.69, 9.17) is 23.4 Å². The standard InChI is InChI=1S/C24H42NO6P/c1-10-24(27-18-20(30-24)19-16-14-13-15-17-19)31-25(23(7,8)9)21(22(4,5)6)32(26,28-11-2)29-12-3/h13-17,20-21H,10-12,18H2,1-9H3. The highest BCUT2D eigenvalue weighted by Gasteiger charge is 2.55. The highest BCUT2D eigenvalue weighted by Crippen LogP contribution is 2.61. The zero-order valence-electron chi connectivity index (χ0n) is 21.2. The Kier molecular flexibility index (Phi) is 9.13. The summed E-state index contributed by atoms with van der Waals surface area (Å²) in [6.07, 6.45) is 0.199. The van der Waals surface area contributed by atoms with Gasteiger partial charge in [-0.15, -0.1) is 0 Å². The van der Waals surface area contributed by atoms with Gasteiger partial charge in [-0.3, -0.25) is 4.57 Å². The Balaban J connectivity index is 2.46. The molecule has 2 rings (SSSR count). The Morgan fingerprint density at radius 2 is 1.62 bits per heavy atom. The number of ether oxygens (including phenoxy) is 2. The highest BCUT2D eigenvalue weighted by atomic mass is 31.2. The second kappa shape index (κ2) is 10.6. The molecule has 1 aromatic rings. The van der Waals surface area contributed by atoms with Crippen molar-refractivity contribution < 1.29 is 27.9 Å². The molecular weight excluding hydrogens is 429 g/mol. The van der Waals surface area contributed by atoms with E-state index in [1.165, 1.54) is 0 Å². The minimum atomic E-state index is -3.58. The maximum atomic E-state index is 14.1. The van der Waals surface area contributed by atoms with Gasteiger partial charge in [0.25, 0.3) is 5.97 Å². The van der Waals surface area contributed by atoms with Crippen molar-refractivity contribution in [3.8, 4) is 0 Å². The Labute approximate surface area is 194 Å². The minimum Gasteiger partial charge on any atom is -0.323 e. The number of benzene rings is 1. The van der Waals surface area contributed by atoms with Crippen molar-refractivity contribution in [1.82, 2.24) is 5.06 Å². The lowest BCUT2D eigenvalue weighted by atomic mass is 9.94. The van der Waals surface area contributed by atoms with Crippen molar-refractivity contribution in [3.05, 3.63) is 35.9 Å². The molecular formula is C24H42NO6P. The van der Waals surface area contributed by atoms with Gasteiger partial charge in [0, 0.05) is 12.0 Å². The number of hydrogen-bond donors (Lipinski definition) is 0. The number of hydrogen-bond acceptors (Lipinski definition) is 7. The number of nitrogens with zero attached hydrogens (tertiary/aromatic N) is 1. The molecule has 1 aromatic carbocycles. The zero-order valence-corrected chi connectivity index (χ0v) is 22.1. The van der Waals surface area contributed by atoms with Crippen LogP contribution in [0.25, 0.3) is 0 Å². The van der Waals surface area contributed by atoms with E-state index in [1.54, 1.807) is 5.06 Å². The fourth-order valence-electron chi connectivity index (χ4n) is 3.81. The summed E-state index contributed by atoms with van der Waals surface area (Å²) >= 11 is 0. The van der Waals surface area contributed by atoms with E-state index in [0.29, 0.717) is 13.0 Å². The lowest BCUT2D eigenvalue weighted by Gasteiger charge is -2.49. The molecule has 0 bridgehead atoms. The van der Waals surface area contributed by atoms with Gasteiger partial charge in [0.05, 0.1) is 19.8 Å². The number of hydroxylamine groups is 2. The van der Waals surface area contributed by atoms with Crippen LogP contribution >= 0.6 is 7.60 Å². The first-order valence-corrected chi connectivity index (χ1v) is 13.2. The zero-order chi connectivity index (χ0) is 24.2. The third kappa shape index (κ3) is 6.41. The lowest BCUT2D eigenvalue weighted by molar-refractivity contribution is -0.442. The van der Waals surface area contributed by atoms with Crippen LogP contribution in [0.2, 0.25) is 0 Å². The molecule has 1 aliphatic heterocycles. The molecule has 8 heteroatoms. The van der Waals surface area contributed by atoms with Crippen LogP contribution in [0.1, 0.15) is 80.4 Å². The third-order valence-electron chi connectivity index (χ3n) is 5.19. The van der Waals surface area contributed by atoms with Crippen LogP contribution in [0.15, 0.2) is 30.3 Å². The lowest BCUT2D eigenvalue weighted by Crippen LogP contribution is -2.57. The van der Waals surface area contributed by atoms with E-state index in [-0.39, 0.29) is 19.3 Å². The summed E-state index contributed by atoms with van der Waals surface area (Å²) in [4.78, 5) is 6.55. The molecule has 1 fully saturated rings. The van der Waals surface area contributed by atoms with E-state index >= 15 is 0 Å². The van der Waals surface area contributed by atoms with Crippen molar-refractivity contribution in [2.24, 2.45) is 5.41 Å². The Morgan fingerprint density at radius 1 is 1.06 bits per heavy atom. The second-order valence-corrected chi connectivity index (χ2v) is 12.2. The van der Waals surface area contributed by atoms with E-state index in [2.05, 4.69) is 0 Å². The molecule has 0 N–H and O–H groups in total. The van der Waals surface area contributed by atoms with Gasteiger partial charge in [-0.1, -0.05) is 58.0 Å². The van der Waals surface area contributed by atoms with Gasteiger partial charge in [-0.2, -0.15) is 5.06 Å². The minimum absolute atomic E-state index is 0.253. The van der Waals surface area contributed by atoms with Crippen LogP contribution in [0.3, 0.4) is 0 Å². The predicted molar refractivity (Wildman–Crippen MR) is 126 cm³/mol. The molecule has 0 aliphatic carbocycles. The monoisotopic (exact) mass is 471 g/mol. The van der Waals surface area contributed by atoms with Crippen LogP contribution in [0.5, 0.6) is 0 Å². The van der Waals surface area contributed by atoms with Gasteiger partial charge in [-0.05, 0) is 45.6 Å². The summed E-state index contributed by atoms with van der Waals surface area (Å²) in [5.41, 5.74) is -0.0310. The summed E-state index contributed by atoms with van der Waals surface area (Å²) in [5.74, 6) is -2.00. The van der Waals surface area contributed by atoms with Gasteiger partial charge >= 0.3 is 7.60 Å². The van der Waals surface area contributed by atoms with Crippen molar-refractivity contribution in [1.29, 1.82) is 0 Å². The first-order valence-electron chi connectivity index (χ1n) is 11.6. The Morgan fingerprint density at radius 3 is 2.06 bits per heavy atom. The predicted octanol–water partition coefficient (Wildman–Crippen LogP) is 6.51. The van der Waals surface area contributed by atoms with Crippen molar-refractivity contribution >= 4 is 7.60 Å². The summed E-state index contributed by atoms with van der Waals surface area (Å²) in [5, 5.41) is 1.72. The summed E-state index contributed by atoms with van der Waals surface area (Å²) in [6.45, 7) is 18.5. The molecule has 0 saturated carbocycles. The molecule has 0 radical (unpaired) electrons. The largest absolute Gasteiger partial charge is 0.350 e. The molecule has 3 atom stereocenters. The third-order valence-corrected chi connectivity index (χ3v) is 8.01. The first kappa shape index (κ1) is 27.5. The maximum Gasteiger partial charge on any atom is 0.350 e. The van der Waals surface area contributed by atoms with E-state index in [9.17, 15) is 4.57 Å². The van der Waals surface area contributed by atoms with Crippen LogP contribution in [-0.2, 0) is 27.9 Å². The van der Waals surface area contributed by atoms with Gasteiger partial charge < -0.3 is 18.5 Å². The second-order valence-electron chi connectivity index (χ2n) is 10.1. The van der Waals surface area contributed by atoms with Crippen molar-refractivity contribution in [2.45, 2.75) is 92.1 Å². The average Bonchev–Trinajstić information content (AvgIpc) is 3.11. The Hall–Kier alpha value is -0.790. The summed E-state index contributed by atoms with van der Waals surface area (Å²) in [7, 11) is -3.58. The molecule has 1 saturated heterocycles. The molecule has 0 amide bonds. The van der Waals surface area contributed by atoms with E-state index in [0.717, 1.165) is 5.56 Å². The van der Waals surface area contributed by atoms with Gasteiger partial charge in [0.15, 0.2) is 0 Å². The van der Waals surface area contributed by atoms with Crippen LogP contribution in [-0.4, -0.2) is 42.2 Å². The molecule has 1 heterocycles. The summed E-state index contributed by atoms with van der Waals surface area (Å²) in [6, 6.07) is 9.94. The molecule has 3 unspecified atom stereocenters. The SMILES string of the molecule is CCOP(=O)(OCC)C(N(OC1(CC)OCC(c2ccccc2)O1)C(C)(C)C)C(C)(C)C. The quantitative estimate of drug-likeness (QED) is 0.285. The molecule has 0 spiro atoms. The van der Waals surface area contributed by atoms with Gasteiger partial charge in [0.2, 0.25) is 0 Å². The molecule has 0 aromatic heterocycles. The normalized spacial score (nSPS) is 23.6. The van der Waals surface area contributed by atoms with Crippen LogP contribution in [0.4, 0.5) is 0 Å². The average molecular weight is 472 g/mol. The topological polar surface area (TPSA) is 66.5 Å². The first-order chi connectivity index (χ1) is 14.8. The molecule has 32 heavy (non-hydrogen) atoms. The van der Waals surface area contributed by atoms with Crippen molar-refractivity contribution in [2.75, 3.05) is 19.8 Å². The summed E-state index contributed by atoms with van der Waals surface area (Å²) < 4.78 is 38.1. The fourth-order valence-corrected chi connectivity index (χ4v) is 6.49. The molecule has 184 valence electrons. The van der Waals surface area contributed by atoms with E-state index < -0.39 is 30.3 Å². The van der Waals surface area contributed by atoms with Crippen LogP contribution in [0, 0.1) is 5.41 Å². The Bertz CT molecular complexity index is 750. The fraction of sp³-hybridized carbons (Fsp3) is 0.750.